The molecule has 3 rings (SSSR count). The van der Waals surface area contributed by atoms with E-state index in [1.165, 1.54) is 12.7 Å². The van der Waals surface area contributed by atoms with Gasteiger partial charge in [-0.25, -0.2) is 0 Å². The van der Waals surface area contributed by atoms with Crippen LogP contribution in [-0.2, 0) is 33.5 Å². The van der Waals surface area contributed by atoms with Crippen LogP contribution in [0.5, 0.6) is 0 Å². The zero-order valence-corrected chi connectivity index (χ0v) is 17.3. The summed E-state index contributed by atoms with van der Waals surface area (Å²) in [6.45, 7) is 4.28. The van der Waals surface area contributed by atoms with E-state index in [0.29, 0.717) is 0 Å². The highest BCUT2D eigenvalue weighted by Crippen LogP contribution is 2.30. The van der Waals surface area contributed by atoms with Crippen LogP contribution in [0.3, 0.4) is 0 Å². The first-order valence-corrected chi connectivity index (χ1v) is 9.72. The highest BCUT2D eigenvalue weighted by atomic mass is 16.5. The Bertz CT molecular complexity index is 852. The van der Waals surface area contributed by atoms with Crippen molar-refractivity contribution >= 4 is 12.0 Å². The molecule has 1 aliphatic rings. The van der Waals surface area contributed by atoms with Crippen LogP contribution >= 0.6 is 0 Å². The van der Waals surface area contributed by atoms with Gasteiger partial charge in [-0.15, -0.1) is 0 Å². The first-order chi connectivity index (χ1) is 13.5. The number of hydrogen-bond donors (Lipinski definition) is 2. The van der Waals surface area contributed by atoms with Gasteiger partial charge >= 0.3 is 0 Å². The number of aryl methyl sites for hydroxylation is 1. The Balaban J connectivity index is 1.85. The van der Waals surface area contributed by atoms with Gasteiger partial charge in [0.1, 0.15) is 12.3 Å². The number of fused-ring (bicyclic) bond motifs is 1. The van der Waals surface area contributed by atoms with E-state index in [0.717, 1.165) is 47.6 Å². The lowest BCUT2D eigenvalue weighted by atomic mass is 9.99. The predicted octanol–water partition coefficient (Wildman–Crippen LogP) is 2.59. The van der Waals surface area contributed by atoms with Crippen LogP contribution in [0.2, 0.25) is 0 Å². The minimum Gasteiger partial charge on any atom is -0.381 e. The number of rotatable bonds is 8. The second-order valence-electron chi connectivity index (χ2n) is 7.32. The van der Waals surface area contributed by atoms with Crippen molar-refractivity contribution in [2.24, 2.45) is 0 Å². The van der Waals surface area contributed by atoms with Crippen LogP contribution in [0.25, 0.3) is 17.5 Å². The number of H-pyrrole nitrogens is 2. The lowest BCUT2D eigenvalue weighted by Gasteiger charge is -2.27. The molecule has 2 N–H and O–H groups in total. The maximum absolute atomic E-state index is 12.1. The molecule has 0 fully saturated rings. The van der Waals surface area contributed by atoms with Gasteiger partial charge in [-0.3, -0.25) is 9.89 Å². The van der Waals surface area contributed by atoms with Crippen molar-refractivity contribution in [3.63, 3.8) is 0 Å². The average Bonchev–Trinajstić information content (AvgIpc) is 3.29. The summed E-state index contributed by atoms with van der Waals surface area (Å²) in [6.07, 6.45) is 6.72. The molecule has 2 unspecified atom stereocenters. The number of likely N-dealkylation sites (N-methyl/N-ethyl adjacent to an activating group) is 1. The number of ether oxygens (including phenoxy) is 2. The molecule has 7 nitrogen and oxygen atoms in total. The van der Waals surface area contributed by atoms with Crippen molar-refractivity contribution in [1.82, 2.24) is 20.1 Å². The quantitative estimate of drug-likeness (QED) is 0.730. The van der Waals surface area contributed by atoms with Crippen LogP contribution < -0.4 is 0 Å². The first-order valence-electron chi connectivity index (χ1n) is 9.72. The number of carbonyl (C=O) groups excluding carboxylic acids is 1. The third kappa shape index (κ3) is 4.05. The zero-order chi connectivity index (χ0) is 20.3. The normalized spacial score (nSPS) is 16.8. The summed E-state index contributed by atoms with van der Waals surface area (Å²) in [5, 5.41) is 7.76. The van der Waals surface area contributed by atoms with E-state index in [-0.39, 0.29) is 24.7 Å². The second kappa shape index (κ2) is 8.75. The summed E-state index contributed by atoms with van der Waals surface area (Å²) in [7, 11) is 5.08. The summed E-state index contributed by atoms with van der Waals surface area (Å²) in [5.74, 6) is -0.0249. The molecule has 152 valence electrons. The number of nitrogens with zero attached hydrogens (tertiary/aromatic N) is 2. The monoisotopic (exact) mass is 386 g/mol. The van der Waals surface area contributed by atoms with Gasteiger partial charge in [-0.2, -0.15) is 5.10 Å². The van der Waals surface area contributed by atoms with Gasteiger partial charge in [0.05, 0.1) is 17.8 Å². The lowest BCUT2D eigenvalue weighted by Crippen LogP contribution is -2.40. The van der Waals surface area contributed by atoms with Crippen LogP contribution in [0, 0.1) is 0 Å². The fourth-order valence-electron chi connectivity index (χ4n) is 3.63. The average molecular weight is 386 g/mol. The minimum atomic E-state index is -0.0249. The van der Waals surface area contributed by atoms with E-state index in [1.54, 1.807) is 12.0 Å². The molecule has 0 radical (unpaired) electrons. The molecule has 1 aliphatic carbocycles. The number of amides is 1. The van der Waals surface area contributed by atoms with E-state index >= 15 is 0 Å². The maximum Gasteiger partial charge on any atom is 0.248 e. The van der Waals surface area contributed by atoms with Crippen LogP contribution in [0.4, 0.5) is 0 Å². The van der Waals surface area contributed by atoms with Crippen LogP contribution in [0.15, 0.2) is 12.1 Å². The highest BCUT2D eigenvalue weighted by molar-refractivity contribution is 5.78. The fraction of sp³-hybridized carbons (Fsp3) is 0.524. The molecule has 1 amide bonds. The summed E-state index contributed by atoms with van der Waals surface area (Å²) in [6, 6.07) is 2.15. The van der Waals surface area contributed by atoms with E-state index in [2.05, 4.69) is 47.2 Å². The summed E-state index contributed by atoms with van der Waals surface area (Å²) < 4.78 is 10.4. The van der Waals surface area contributed by atoms with E-state index in [9.17, 15) is 4.79 Å². The summed E-state index contributed by atoms with van der Waals surface area (Å²) in [5.41, 5.74) is 6.55. The molecular formula is C21H30N4O3. The molecule has 2 aromatic heterocycles. The van der Waals surface area contributed by atoms with Gasteiger partial charge in [0.2, 0.25) is 5.91 Å². The van der Waals surface area contributed by atoms with Gasteiger partial charge in [0, 0.05) is 51.1 Å². The van der Waals surface area contributed by atoms with E-state index in [1.807, 2.05) is 7.05 Å². The molecule has 0 aliphatic heterocycles. The van der Waals surface area contributed by atoms with Crippen molar-refractivity contribution in [2.45, 2.75) is 45.3 Å². The number of methoxy groups -OCH3 is 2. The Morgan fingerprint density at radius 3 is 2.89 bits per heavy atom. The Hall–Kier alpha value is -2.38. The third-order valence-corrected chi connectivity index (χ3v) is 5.46. The smallest absolute Gasteiger partial charge is 0.248 e. The third-order valence-electron chi connectivity index (χ3n) is 5.46. The number of aromatic amines is 2. The van der Waals surface area contributed by atoms with E-state index < -0.39 is 0 Å². The minimum absolute atomic E-state index is 0.0139. The van der Waals surface area contributed by atoms with Gasteiger partial charge in [-0.1, -0.05) is 19.1 Å². The van der Waals surface area contributed by atoms with Gasteiger partial charge < -0.3 is 19.4 Å². The van der Waals surface area contributed by atoms with Crippen molar-refractivity contribution in [1.29, 1.82) is 0 Å². The van der Waals surface area contributed by atoms with Crippen LogP contribution in [-0.4, -0.2) is 66.0 Å². The van der Waals surface area contributed by atoms with Crippen molar-refractivity contribution < 1.29 is 14.3 Å². The molecule has 2 aromatic rings. The standard InChI is InChI=1S/C21H30N4O3/c1-6-17-16(9-13(2)28-5)21(24-23-17)19-10-14-7-8-15(11-18(14)22-19)25(3)20(26)12-27-4/h7-8,10,13,15,22H,6,9,11-12H2,1-5H3,(H,23,24). The largest absolute Gasteiger partial charge is 0.381 e. The number of aromatic nitrogens is 3. The number of carbonyl (C=O) groups is 1. The molecule has 0 saturated heterocycles. The maximum atomic E-state index is 12.1. The molecule has 0 spiro atoms. The van der Waals surface area contributed by atoms with Gasteiger partial charge in [0.15, 0.2) is 0 Å². The molecule has 0 saturated carbocycles. The molecule has 7 heteroatoms. The zero-order valence-electron chi connectivity index (χ0n) is 17.3. The molecule has 2 atom stereocenters. The predicted molar refractivity (Wildman–Crippen MR) is 109 cm³/mol. The van der Waals surface area contributed by atoms with Gasteiger partial charge in [-0.05, 0) is 25.0 Å². The van der Waals surface area contributed by atoms with Gasteiger partial charge in [0.25, 0.3) is 0 Å². The number of nitrogens with one attached hydrogen (secondary N) is 2. The summed E-state index contributed by atoms with van der Waals surface area (Å²) >= 11 is 0. The summed E-state index contributed by atoms with van der Waals surface area (Å²) in [4.78, 5) is 17.4. The first kappa shape index (κ1) is 20.4. The Morgan fingerprint density at radius 1 is 1.43 bits per heavy atom. The second-order valence-corrected chi connectivity index (χ2v) is 7.32. The molecule has 0 aromatic carbocycles. The Labute approximate surface area is 166 Å². The lowest BCUT2D eigenvalue weighted by molar-refractivity contribution is -0.135. The highest BCUT2D eigenvalue weighted by Gasteiger charge is 2.25. The fourth-order valence-corrected chi connectivity index (χ4v) is 3.63. The molecular weight excluding hydrogens is 356 g/mol. The molecule has 28 heavy (non-hydrogen) atoms. The van der Waals surface area contributed by atoms with Crippen LogP contribution in [0.1, 0.15) is 36.4 Å². The molecule has 0 bridgehead atoms. The Kier molecular flexibility index (Phi) is 6.36. The van der Waals surface area contributed by atoms with E-state index in [4.69, 9.17) is 9.47 Å². The number of hydrogen-bond acceptors (Lipinski definition) is 4. The van der Waals surface area contributed by atoms with Crippen molar-refractivity contribution in [3.05, 3.63) is 34.7 Å². The SMILES string of the molecule is CCc1[nH]nc(-c2cc3c([nH]2)CC(N(C)C(=O)COC)C=C3)c1CC(C)OC. The van der Waals surface area contributed by atoms with Crippen molar-refractivity contribution in [2.75, 3.05) is 27.9 Å². The topological polar surface area (TPSA) is 83.2 Å². The molecule has 2 heterocycles. The Morgan fingerprint density at radius 2 is 2.21 bits per heavy atom. The van der Waals surface area contributed by atoms with Crippen molar-refractivity contribution in [3.8, 4) is 11.4 Å².